The van der Waals surface area contributed by atoms with Crippen LogP contribution in [0.25, 0.3) is 0 Å². The molecule has 0 bridgehead atoms. The number of carboxylic acid groups (broad SMARTS) is 1. The number of hydrogen-bond acceptors (Lipinski definition) is 5. The van der Waals surface area contributed by atoms with Gasteiger partial charge in [0.25, 0.3) is 0 Å². The quantitative estimate of drug-likeness (QED) is 0.517. The molecule has 1 aliphatic rings. The molecule has 3 unspecified atom stereocenters. The van der Waals surface area contributed by atoms with Gasteiger partial charge in [-0.25, -0.2) is 4.39 Å². The number of hydrogen-bond donors (Lipinski definition) is 2. The van der Waals surface area contributed by atoms with Crippen LogP contribution in [-0.2, 0) is 9.53 Å². The Balaban J connectivity index is 0.00000242. The zero-order chi connectivity index (χ0) is 15.4. The predicted molar refractivity (Wildman–Crippen MR) is 74.8 cm³/mol. The molecule has 8 heteroatoms. The normalized spacial score (nSPS) is 20.2. The van der Waals surface area contributed by atoms with Gasteiger partial charge in [0.15, 0.2) is 0 Å². The molecule has 116 valence electrons. The van der Waals surface area contributed by atoms with Crippen molar-refractivity contribution in [3.8, 4) is 0 Å². The minimum atomic E-state index is -1.45. The first-order valence-corrected chi connectivity index (χ1v) is 7.46. The number of nitrogens with one attached hydrogen (secondary N) is 1. The van der Waals surface area contributed by atoms with E-state index in [0.29, 0.717) is 11.1 Å². The van der Waals surface area contributed by atoms with E-state index in [4.69, 9.17) is 4.74 Å². The third-order valence-electron chi connectivity index (χ3n) is 3.50. The third-order valence-corrected chi connectivity index (χ3v) is 3.99. The smallest absolute Gasteiger partial charge is 0.548 e. The van der Waals surface area contributed by atoms with Gasteiger partial charge in [-0.1, -0.05) is 22.0 Å². The van der Waals surface area contributed by atoms with Crippen molar-refractivity contribution in [2.45, 2.75) is 31.0 Å². The van der Waals surface area contributed by atoms with Crippen LogP contribution < -0.4 is 61.8 Å². The van der Waals surface area contributed by atoms with E-state index in [9.17, 15) is 19.4 Å². The average molecular weight is 400 g/mol. The molecule has 0 radical (unpaired) electrons. The second-order valence-corrected chi connectivity index (χ2v) is 5.84. The van der Waals surface area contributed by atoms with E-state index in [1.54, 1.807) is 6.07 Å². The molecule has 1 aromatic rings. The first-order chi connectivity index (χ1) is 10.0. The summed E-state index contributed by atoms with van der Waals surface area (Å²) < 4.78 is 19.9. The van der Waals surface area contributed by atoms with Crippen molar-refractivity contribution in [2.75, 3.05) is 13.2 Å². The van der Waals surface area contributed by atoms with Crippen molar-refractivity contribution >= 4 is 21.9 Å². The monoisotopic (exact) mass is 399 g/mol. The fraction of sp³-hybridized carbons (Fsp3) is 0.500. The second kappa shape index (κ2) is 9.80. The first-order valence-electron chi connectivity index (χ1n) is 6.67. The summed E-state index contributed by atoms with van der Waals surface area (Å²) in [7, 11) is 0. The predicted octanol–water partition coefficient (Wildman–Crippen LogP) is -2.49. The van der Waals surface area contributed by atoms with Gasteiger partial charge < -0.3 is 19.7 Å². The molecule has 1 aromatic carbocycles. The summed E-state index contributed by atoms with van der Waals surface area (Å²) in [6.45, 7) is 0.276. The zero-order valence-electron chi connectivity index (χ0n) is 12.2. The molecule has 1 fully saturated rings. The van der Waals surface area contributed by atoms with Crippen LogP contribution in [0.5, 0.6) is 0 Å². The average Bonchev–Trinajstić information content (AvgIpc) is 2.95. The van der Waals surface area contributed by atoms with Crippen LogP contribution in [-0.4, -0.2) is 36.4 Å². The fourth-order valence-electron chi connectivity index (χ4n) is 2.43. The number of carbonyl (C=O) groups excluding carboxylic acids is 1. The number of benzene rings is 1. The molecule has 0 amide bonds. The molecule has 2 rings (SSSR count). The van der Waals surface area contributed by atoms with Gasteiger partial charge in [-0.05, 0) is 25.0 Å². The van der Waals surface area contributed by atoms with E-state index in [2.05, 4.69) is 21.2 Å². The largest absolute Gasteiger partial charge is 1.00 e. The fourth-order valence-corrected chi connectivity index (χ4v) is 2.77. The topological polar surface area (TPSA) is 81.6 Å². The van der Waals surface area contributed by atoms with Crippen LogP contribution >= 0.6 is 15.9 Å². The summed E-state index contributed by atoms with van der Waals surface area (Å²) in [6, 6.07) is 2.18. The molecule has 0 spiro atoms. The maximum Gasteiger partial charge on any atom is 1.00 e. The molecular weight excluding hydrogens is 384 g/mol. The molecule has 1 saturated heterocycles. The van der Waals surface area contributed by atoms with E-state index in [0.717, 1.165) is 12.8 Å². The number of rotatable bonds is 6. The van der Waals surface area contributed by atoms with Crippen molar-refractivity contribution in [3.63, 3.8) is 0 Å². The second-order valence-electron chi connectivity index (χ2n) is 4.93. The molecule has 1 aliphatic heterocycles. The van der Waals surface area contributed by atoms with Crippen molar-refractivity contribution in [2.24, 2.45) is 0 Å². The zero-order valence-corrected chi connectivity index (χ0v) is 16.9. The molecule has 0 saturated carbocycles. The molecule has 0 aliphatic carbocycles. The summed E-state index contributed by atoms with van der Waals surface area (Å²) in [4.78, 5) is 11.3. The first kappa shape index (κ1) is 20.7. The van der Waals surface area contributed by atoms with Crippen LogP contribution in [0.2, 0.25) is 0 Å². The van der Waals surface area contributed by atoms with Gasteiger partial charge in [-0.15, -0.1) is 0 Å². The Morgan fingerprint density at radius 3 is 2.82 bits per heavy atom. The van der Waals surface area contributed by atoms with Crippen molar-refractivity contribution in [1.82, 2.24) is 5.32 Å². The summed E-state index contributed by atoms with van der Waals surface area (Å²) in [6.07, 6.45) is 1.29. The molecule has 5 nitrogen and oxygen atoms in total. The summed E-state index contributed by atoms with van der Waals surface area (Å²) in [5, 5.41) is 23.5. The van der Waals surface area contributed by atoms with E-state index in [1.807, 2.05) is 0 Å². The molecule has 0 aromatic heterocycles. The van der Waals surface area contributed by atoms with E-state index < -0.39 is 23.9 Å². The Morgan fingerprint density at radius 1 is 1.59 bits per heavy atom. The van der Waals surface area contributed by atoms with Gasteiger partial charge in [-0.2, -0.15) is 0 Å². The number of ether oxygens (including phenoxy) is 1. The molecule has 2 N–H and O–H groups in total. The van der Waals surface area contributed by atoms with Gasteiger partial charge in [0, 0.05) is 16.6 Å². The van der Waals surface area contributed by atoms with Gasteiger partial charge >= 0.3 is 51.4 Å². The Bertz CT molecular complexity index is 514. The van der Waals surface area contributed by atoms with Crippen LogP contribution in [0.4, 0.5) is 4.39 Å². The summed E-state index contributed by atoms with van der Waals surface area (Å²) in [5.74, 6) is -2.11. The van der Waals surface area contributed by atoms with Crippen LogP contribution in [0, 0.1) is 5.82 Å². The Kier molecular flexibility index (Phi) is 9.20. The van der Waals surface area contributed by atoms with Crippen LogP contribution in [0.3, 0.4) is 0 Å². The van der Waals surface area contributed by atoms with Gasteiger partial charge in [0.05, 0.1) is 30.8 Å². The summed E-state index contributed by atoms with van der Waals surface area (Å²) >= 11 is 3.12. The maximum atomic E-state index is 13.9. The number of halogens is 2. The van der Waals surface area contributed by atoms with Crippen LogP contribution in [0.1, 0.15) is 24.4 Å². The number of carbonyl (C=O) groups is 1. The van der Waals surface area contributed by atoms with E-state index in [1.165, 1.54) is 12.1 Å². The van der Waals surface area contributed by atoms with Crippen molar-refractivity contribution in [1.29, 1.82) is 0 Å². The SMILES string of the molecule is O=C([O-])C(NC(CO)C1CCCO1)c1ccc(Br)cc1F.[K+]. The maximum absolute atomic E-state index is 13.9. The van der Waals surface area contributed by atoms with E-state index >= 15 is 0 Å². The molecule has 22 heavy (non-hydrogen) atoms. The Labute approximate surface area is 179 Å². The standard InChI is InChI=1S/C14H17BrFNO4.K/c15-8-3-4-9(10(16)6-8)13(14(19)20)17-11(7-18)12-2-1-5-21-12;/h3-4,6,11-13,17-18H,1-2,5,7H2,(H,19,20);/q;+1/p-1. The van der Waals surface area contributed by atoms with Crippen molar-refractivity contribution in [3.05, 3.63) is 34.1 Å². The molecule has 3 atom stereocenters. The van der Waals surface area contributed by atoms with Gasteiger partial charge in [-0.3, -0.25) is 5.32 Å². The van der Waals surface area contributed by atoms with Crippen molar-refractivity contribution < 1.29 is 75.5 Å². The van der Waals surface area contributed by atoms with Gasteiger partial charge in [0.2, 0.25) is 0 Å². The Morgan fingerprint density at radius 2 is 2.32 bits per heavy atom. The number of carboxylic acids is 1. The third kappa shape index (κ3) is 5.32. The van der Waals surface area contributed by atoms with E-state index in [-0.39, 0.29) is 69.7 Å². The van der Waals surface area contributed by atoms with Gasteiger partial charge in [0.1, 0.15) is 5.82 Å². The summed E-state index contributed by atoms with van der Waals surface area (Å²) in [5.41, 5.74) is -0.0327. The minimum absolute atomic E-state index is 0. The van der Waals surface area contributed by atoms with Crippen LogP contribution in [0.15, 0.2) is 22.7 Å². The number of aliphatic hydroxyl groups excluding tert-OH is 1. The Hall–Kier alpha value is 0.616. The number of aliphatic carboxylic acids is 1. The minimum Gasteiger partial charge on any atom is -0.548 e. The molecular formula is C14H16BrFKNO4. The number of aliphatic hydroxyl groups is 1. The molecule has 1 heterocycles.